The Kier molecular flexibility index (Phi) is 53.1. The number of hydrogen-bond donors (Lipinski definition) is 7. The lowest BCUT2D eigenvalue weighted by Crippen LogP contribution is -3.00. The summed E-state index contributed by atoms with van der Waals surface area (Å²) < 4.78 is 80.6. The molecule has 7 aromatic rings. The molecule has 114 heavy (non-hydrogen) atoms. The third-order valence-electron chi connectivity index (χ3n) is 16.0. The van der Waals surface area contributed by atoms with Crippen molar-refractivity contribution in [3.63, 3.8) is 0 Å². The average Bonchev–Trinajstić information content (AvgIpc) is 0.805. The molecule has 0 saturated carbocycles. The van der Waals surface area contributed by atoms with E-state index in [1.807, 2.05) is 12.1 Å². The van der Waals surface area contributed by atoms with Crippen LogP contribution in [0.15, 0.2) is 36.7 Å². The maximum atomic E-state index is 12.5. The number of likely N-dealkylation sites (N-methyl/N-ethyl adjacent to an activating group) is 2. The number of nitrogen functional groups attached to an aromatic ring is 4. The van der Waals surface area contributed by atoms with Crippen molar-refractivity contribution in [3.05, 3.63) is 64.2 Å². The van der Waals surface area contributed by atoms with Crippen LogP contribution in [0.25, 0.3) is 0 Å². The zero-order valence-electron chi connectivity index (χ0n) is 66.5. The zero-order chi connectivity index (χ0) is 81.4. The van der Waals surface area contributed by atoms with Crippen LogP contribution in [0, 0.1) is 0 Å². The number of nitrogens with one attached hydrogen (secondary N) is 1. The molecule has 7 heterocycles. The van der Waals surface area contributed by atoms with E-state index >= 15 is 0 Å². The standard InChI is InChI=1S/C27H38N8O6.C22H33N5O4.C10H17N4O3.C5H6ClN3O2.C5H11NO.CH6NP.3CH4.ClH/c1-37-20-13-17(12-18-15-31-24(29)32-23(18)28)14-21(38-2)22(20)41-16-19(36)10-8-6-5-7-9-11-30-25-33-26(39-3)35-27(34-25)40-4;1-29-18-11-15(10-16-13-26-22(25)27-21(16)24)12-19(30-2)20(18)31-14-17(28)8-6-4-3-5-7-9-23;1-14(4-6-17-7-5-14)8-11-9(15-2)13-10(12-8)16-3;1-10-4-7-3(6)8-5(9-4)11-2;1-6-2-4-7-5-3-6;1-3-2;;;;/h13-15H,5-12,16H2,1-4H3,(H4,28,29,31,32)(H,30,33,34,35);11-13H,3-10,14,23H2,1-2H3,(H4,24,25,26,27);4-7H2,1-3H3;1-2H3;2-5H2,1H3;3H,2H2,1H3;3*1H4;1H/q;;+1;;;;;;;/p-1/i;;;;;1T;;;;. The molecule has 1 unspecified atom stereocenters. The van der Waals surface area contributed by atoms with E-state index in [1.54, 1.807) is 24.5 Å². The highest BCUT2D eigenvalue weighted by Gasteiger charge is 2.33. The van der Waals surface area contributed by atoms with Gasteiger partial charge in [0.25, 0.3) is 0 Å². The minimum absolute atomic E-state index is 0. The predicted octanol–water partition coefficient (Wildman–Crippen LogP) is 4.78. The number of methoxy groups -OCH3 is 10. The monoisotopic (exact) mass is 1670 g/mol. The number of anilines is 5. The molecule has 2 aliphatic rings. The molecule has 0 bridgehead atoms. The second-order valence-electron chi connectivity index (χ2n) is 24.1. The Morgan fingerprint density at radius 3 is 1.22 bits per heavy atom. The van der Waals surface area contributed by atoms with Crippen LogP contribution in [0.4, 0.5) is 35.4 Å². The number of nitrogens with two attached hydrogens (primary N) is 6. The molecule has 9 rings (SSSR count). The van der Waals surface area contributed by atoms with Gasteiger partial charge in [-0.15, -0.1) is 24.9 Å². The fourth-order valence-corrected chi connectivity index (χ4v) is 10.2. The van der Waals surface area contributed by atoms with Gasteiger partial charge in [-0.3, -0.25) is 14.1 Å². The Balaban J connectivity index is 0.00000153. The van der Waals surface area contributed by atoms with Crippen LogP contribution >= 0.6 is 20.3 Å². The summed E-state index contributed by atoms with van der Waals surface area (Å²) in [5, 5.41) is 3.19. The van der Waals surface area contributed by atoms with Gasteiger partial charge in [-0.05, 0) is 92.9 Å². The normalized spacial score (nSPS) is 12.4. The number of nitrogens with zero attached hydrogens (tertiary/aromatic N) is 15. The van der Waals surface area contributed by atoms with E-state index in [0.717, 1.165) is 127 Å². The molecule has 0 amide bonds. The first kappa shape index (κ1) is 102. The SMILES string of the molecule is C.C.C.CN1CCOCC1.COc1cc(Cc2cnc(N)nc2N)cc(OC)c1OCC(=O)CCCCCCCN.COc1nc(Cl)nc(OC)n1.COc1nc(NCCCCCCCC(=O)COc2c(OC)cc(Cc3cnc(N)nc3N)cc2OC)nc(OC)n1.COc1nc(OC)nc([N+]2(C)CCOCC2)n1.[3H]CPN.[Cl-]. The van der Waals surface area contributed by atoms with Crippen LogP contribution in [0.2, 0.25) is 5.28 Å². The third kappa shape index (κ3) is 38.4. The first-order chi connectivity index (χ1) is 53.6. The number of carbonyl (C=O) groups excluding carboxylic acids is 2. The number of halogens is 2. The highest BCUT2D eigenvalue weighted by Crippen LogP contribution is 2.41. The molecule has 2 fully saturated rings. The summed E-state index contributed by atoms with van der Waals surface area (Å²) in [4.78, 5) is 78.8. The fraction of sp³-hybridized carbons (Fsp3) is 0.575. The van der Waals surface area contributed by atoms with E-state index < -0.39 is 0 Å². The number of benzene rings is 2. The molecule has 640 valence electrons. The Bertz CT molecular complexity index is 3760. The first-order valence-electron chi connectivity index (χ1n) is 35.9. The number of rotatable bonds is 37. The number of morpholine rings is 2. The second-order valence-corrected chi connectivity index (χ2v) is 24.8. The highest BCUT2D eigenvalue weighted by atomic mass is 35.5. The van der Waals surface area contributed by atoms with Gasteiger partial charge in [-0.2, -0.15) is 29.9 Å². The minimum Gasteiger partial charge on any atom is -1.00 e. The Labute approximate surface area is 685 Å². The van der Waals surface area contributed by atoms with Crippen molar-refractivity contribution in [1.82, 2.24) is 74.2 Å². The lowest BCUT2D eigenvalue weighted by atomic mass is 10.1. The number of quaternary nitrogens is 1. The van der Waals surface area contributed by atoms with Crippen LogP contribution in [-0.2, 0) is 31.9 Å². The van der Waals surface area contributed by atoms with Gasteiger partial charge in [-0.25, -0.2) is 9.97 Å². The van der Waals surface area contributed by atoms with Gasteiger partial charge in [0.2, 0.25) is 34.6 Å². The first-order valence-corrected chi connectivity index (χ1v) is 36.8. The van der Waals surface area contributed by atoms with Gasteiger partial charge >= 0.3 is 42.0 Å². The number of ether oxygens (including phenoxy) is 14. The maximum Gasteiger partial charge on any atom is 0.338 e. The Morgan fingerprint density at radius 2 is 0.877 bits per heavy atom. The Morgan fingerprint density at radius 1 is 0.526 bits per heavy atom. The maximum absolute atomic E-state index is 12.5. The van der Waals surface area contributed by atoms with E-state index in [4.69, 9.17) is 113 Å². The lowest BCUT2D eigenvalue weighted by molar-refractivity contribution is -0.121. The fourth-order valence-electron chi connectivity index (χ4n) is 10.0. The number of aromatic nitrogens is 13. The topological polar surface area (TPSA) is 502 Å². The molecule has 0 spiro atoms. The zero-order valence-corrected chi connectivity index (χ0v) is 68.0. The number of ketones is 2. The van der Waals surface area contributed by atoms with Crippen molar-refractivity contribution in [3.8, 4) is 70.6 Å². The van der Waals surface area contributed by atoms with Gasteiger partial charge in [-0.1, -0.05) is 69.5 Å². The number of hydrogen-bond acceptors (Lipinski definition) is 37. The molecule has 0 aliphatic carbocycles. The van der Waals surface area contributed by atoms with Crippen LogP contribution in [0.5, 0.6) is 70.6 Å². The van der Waals surface area contributed by atoms with Crippen LogP contribution < -0.4 is 113 Å². The van der Waals surface area contributed by atoms with Crippen molar-refractivity contribution >= 4 is 67.3 Å². The smallest absolute Gasteiger partial charge is 0.338 e. The van der Waals surface area contributed by atoms with Crippen molar-refractivity contribution in [2.45, 2.75) is 112 Å². The molecule has 13 N–H and O–H groups in total. The summed E-state index contributed by atoms with van der Waals surface area (Å²) >= 11 is 5.49. The van der Waals surface area contributed by atoms with Crippen molar-refractivity contribution < 1.29 is 89.7 Å². The summed E-state index contributed by atoms with van der Waals surface area (Å²) in [6, 6.07) is 8.46. The van der Waals surface area contributed by atoms with Crippen LogP contribution in [0.1, 0.15) is 123 Å². The van der Waals surface area contributed by atoms with E-state index in [0.29, 0.717) is 129 Å². The van der Waals surface area contributed by atoms with Crippen LogP contribution in [0.3, 0.4) is 0 Å². The number of carbonyl (C=O) groups is 2. The van der Waals surface area contributed by atoms with E-state index in [2.05, 4.69) is 89.1 Å². The van der Waals surface area contributed by atoms with Crippen molar-refractivity contribution in [2.75, 3.05) is 199 Å². The van der Waals surface area contributed by atoms with Gasteiger partial charge in [0, 0.05) is 70.2 Å². The average molecular weight is 1670 g/mol. The largest absolute Gasteiger partial charge is 1.00 e. The minimum atomic E-state index is -0.0758. The second kappa shape index (κ2) is 59.1. The molecular formula is C73H123Cl2N22O16P. The van der Waals surface area contributed by atoms with Gasteiger partial charge in [0.1, 0.15) is 37.9 Å². The van der Waals surface area contributed by atoms with Crippen molar-refractivity contribution in [2.24, 2.45) is 11.2 Å². The van der Waals surface area contributed by atoms with Gasteiger partial charge in [0.15, 0.2) is 34.6 Å². The number of unbranched alkanes of at least 4 members (excludes halogenated alkanes) is 8. The van der Waals surface area contributed by atoms with Crippen LogP contribution in [-0.4, -0.2) is 252 Å². The summed E-state index contributed by atoms with van der Waals surface area (Å²) in [7, 11) is 19.5. The van der Waals surface area contributed by atoms with E-state index in [9.17, 15) is 9.59 Å². The summed E-state index contributed by atoms with van der Waals surface area (Å²) in [6.07, 6.45) is 14.8. The molecule has 0 radical (unpaired) electrons. The number of Topliss-reactive ketones (excluding diaryl/α,β-unsaturated/α-hetero) is 2. The molecule has 38 nitrogen and oxygen atoms in total. The van der Waals surface area contributed by atoms with E-state index in [1.165, 1.54) is 71.1 Å². The molecule has 1 atom stereocenters. The molecule has 41 heteroatoms. The quantitative estimate of drug-likeness (QED) is 0.0156. The van der Waals surface area contributed by atoms with Crippen molar-refractivity contribution in [1.29, 1.82) is 0 Å². The highest BCUT2D eigenvalue weighted by molar-refractivity contribution is 7.34. The molecule has 2 saturated heterocycles. The lowest BCUT2D eigenvalue weighted by Gasteiger charge is -2.34. The van der Waals surface area contributed by atoms with E-state index in [-0.39, 0.29) is 113 Å². The van der Waals surface area contributed by atoms with Gasteiger partial charge < -0.3 is 123 Å². The molecule has 2 aromatic carbocycles. The van der Waals surface area contributed by atoms with Gasteiger partial charge in [0.05, 0.1) is 105 Å². The Hall–Kier alpha value is -9.66. The molecular weight excluding hydrogens is 1540 g/mol. The molecule has 2 aliphatic heterocycles. The predicted molar refractivity (Wildman–Crippen MR) is 439 cm³/mol. The summed E-state index contributed by atoms with van der Waals surface area (Å²) in [6.45, 7) is 8.77. The third-order valence-corrected chi connectivity index (χ3v) is 16.2. The summed E-state index contributed by atoms with van der Waals surface area (Å²) in [5.41, 5.74) is 36.6. The molecule has 5 aromatic heterocycles. The summed E-state index contributed by atoms with van der Waals surface area (Å²) in [5.74, 6) is 4.57.